The van der Waals surface area contributed by atoms with Crippen LogP contribution in [0.1, 0.15) is 28.3 Å². The Bertz CT molecular complexity index is 644. The van der Waals surface area contributed by atoms with E-state index in [0.29, 0.717) is 5.69 Å². The molecule has 4 heteroatoms. The summed E-state index contributed by atoms with van der Waals surface area (Å²) < 4.78 is 7.57. The second-order valence-corrected chi connectivity index (χ2v) is 4.84. The fourth-order valence-electron chi connectivity index (χ4n) is 2.57. The van der Waals surface area contributed by atoms with Crippen molar-refractivity contribution in [2.24, 2.45) is 7.05 Å². The fraction of sp³-hybridized carbons (Fsp3) is 0.333. The summed E-state index contributed by atoms with van der Waals surface area (Å²) in [7, 11) is 1.93. The second-order valence-electron chi connectivity index (χ2n) is 4.84. The lowest BCUT2D eigenvalue weighted by Crippen LogP contribution is -2.08. The number of ether oxygens (including phenoxy) is 1. The average molecular weight is 256 g/mol. The molecule has 0 spiro atoms. The molecule has 19 heavy (non-hydrogen) atoms. The molecule has 1 aromatic carbocycles. The molecule has 4 nitrogen and oxygen atoms in total. The molecule has 0 amide bonds. The van der Waals surface area contributed by atoms with E-state index in [1.54, 1.807) is 0 Å². The highest BCUT2D eigenvalue weighted by atomic mass is 16.5. The van der Waals surface area contributed by atoms with Crippen molar-refractivity contribution >= 4 is 6.29 Å². The largest absolute Gasteiger partial charge is 0.493 e. The predicted octanol–water partition coefficient (Wildman–Crippen LogP) is 2.53. The summed E-state index contributed by atoms with van der Waals surface area (Å²) in [5.41, 5.74) is 3.60. The minimum atomic E-state index is 0.497. The molecular formula is C15H16N2O2. The summed E-state index contributed by atoms with van der Waals surface area (Å²) in [6.45, 7) is 2.69. The lowest BCUT2D eigenvalue weighted by Gasteiger charge is -2.18. The maximum absolute atomic E-state index is 11.2. The Morgan fingerprint density at radius 3 is 3.05 bits per heavy atom. The topological polar surface area (TPSA) is 44.1 Å². The third-order valence-electron chi connectivity index (χ3n) is 3.64. The number of hydrogen-bond acceptors (Lipinski definition) is 3. The van der Waals surface area contributed by atoms with Gasteiger partial charge in [-0.1, -0.05) is 0 Å². The molecule has 1 aromatic heterocycles. The van der Waals surface area contributed by atoms with Crippen LogP contribution in [0, 0.1) is 6.92 Å². The van der Waals surface area contributed by atoms with E-state index in [1.807, 2.05) is 30.7 Å². The van der Waals surface area contributed by atoms with Crippen LogP contribution in [0.4, 0.5) is 0 Å². The van der Waals surface area contributed by atoms with Crippen LogP contribution < -0.4 is 4.74 Å². The molecule has 0 saturated heterocycles. The quantitative estimate of drug-likeness (QED) is 0.775. The average Bonchev–Trinajstić information content (AvgIpc) is 2.74. The van der Waals surface area contributed by atoms with Crippen LogP contribution in [0.5, 0.6) is 5.75 Å². The van der Waals surface area contributed by atoms with Gasteiger partial charge in [-0.05, 0) is 43.5 Å². The molecule has 0 fully saturated rings. The van der Waals surface area contributed by atoms with Crippen molar-refractivity contribution in [3.63, 3.8) is 0 Å². The van der Waals surface area contributed by atoms with Gasteiger partial charge in [0.25, 0.3) is 0 Å². The number of nitrogens with zero attached hydrogens (tertiary/aromatic N) is 2. The first kappa shape index (κ1) is 12.0. The van der Waals surface area contributed by atoms with E-state index in [4.69, 9.17) is 4.74 Å². The van der Waals surface area contributed by atoms with Gasteiger partial charge in [0.1, 0.15) is 17.3 Å². The van der Waals surface area contributed by atoms with E-state index in [1.165, 1.54) is 5.56 Å². The van der Waals surface area contributed by atoms with Crippen molar-refractivity contribution in [3.05, 3.63) is 35.3 Å². The van der Waals surface area contributed by atoms with Crippen molar-refractivity contribution < 1.29 is 9.53 Å². The Hall–Kier alpha value is -2.10. The van der Waals surface area contributed by atoms with Crippen molar-refractivity contribution in [2.45, 2.75) is 19.8 Å². The van der Waals surface area contributed by atoms with Crippen LogP contribution in [-0.2, 0) is 13.5 Å². The van der Waals surface area contributed by atoms with Gasteiger partial charge in [-0.3, -0.25) is 4.79 Å². The SMILES string of the molecule is Cc1nc(C=O)c(-c2ccc3c(c2)CCCO3)n1C. The van der Waals surface area contributed by atoms with E-state index in [0.717, 1.165) is 48.6 Å². The van der Waals surface area contributed by atoms with Gasteiger partial charge < -0.3 is 9.30 Å². The number of carbonyl (C=O) groups is 1. The van der Waals surface area contributed by atoms with E-state index in [9.17, 15) is 4.79 Å². The molecule has 0 saturated carbocycles. The summed E-state index contributed by atoms with van der Waals surface area (Å²) >= 11 is 0. The molecule has 0 radical (unpaired) electrons. The Labute approximate surface area is 112 Å². The van der Waals surface area contributed by atoms with Crippen LogP contribution in [0.25, 0.3) is 11.3 Å². The number of carbonyl (C=O) groups excluding carboxylic acids is 1. The summed E-state index contributed by atoms with van der Waals surface area (Å²) in [5, 5.41) is 0. The number of imidazole rings is 1. The Balaban J connectivity index is 2.14. The number of fused-ring (bicyclic) bond motifs is 1. The summed E-state index contributed by atoms with van der Waals surface area (Å²) in [4.78, 5) is 15.4. The molecule has 98 valence electrons. The third-order valence-corrected chi connectivity index (χ3v) is 3.64. The van der Waals surface area contributed by atoms with Crippen LogP contribution >= 0.6 is 0 Å². The van der Waals surface area contributed by atoms with Gasteiger partial charge in [0.15, 0.2) is 6.29 Å². The highest BCUT2D eigenvalue weighted by molar-refractivity contribution is 5.84. The minimum absolute atomic E-state index is 0.497. The van der Waals surface area contributed by atoms with Crippen molar-refractivity contribution in [1.82, 2.24) is 9.55 Å². The van der Waals surface area contributed by atoms with Gasteiger partial charge >= 0.3 is 0 Å². The van der Waals surface area contributed by atoms with E-state index >= 15 is 0 Å². The monoisotopic (exact) mass is 256 g/mol. The van der Waals surface area contributed by atoms with Crippen molar-refractivity contribution in [2.75, 3.05) is 6.61 Å². The number of rotatable bonds is 2. The summed E-state index contributed by atoms with van der Waals surface area (Å²) in [5.74, 6) is 1.80. The minimum Gasteiger partial charge on any atom is -0.493 e. The first-order chi connectivity index (χ1) is 9.20. The zero-order chi connectivity index (χ0) is 13.4. The first-order valence-electron chi connectivity index (χ1n) is 6.45. The molecule has 3 rings (SSSR count). The van der Waals surface area contributed by atoms with Crippen LogP contribution in [0.2, 0.25) is 0 Å². The van der Waals surface area contributed by atoms with Crippen LogP contribution in [0.3, 0.4) is 0 Å². The molecule has 1 aliphatic rings. The number of hydrogen-bond donors (Lipinski definition) is 0. The van der Waals surface area contributed by atoms with E-state index < -0.39 is 0 Å². The van der Waals surface area contributed by atoms with Crippen LogP contribution in [0.15, 0.2) is 18.2 Å². The zero-order valence-electron chi connectivity index (χ0n) is 11.1. The zero-order valence-corrected chi connectivity index (χ0v) is 11.1. The first-order valence-corrected chi connectivity index (χ1v) is 6.45. The summed E-state index contributed by atoms with van der Waals surface area (Å²) in [6, 6.07) is 6.09. The number of aryl methyl sites for hydroxylation is 2. The number of benzene rings is 1. The lowest BCUT2D eigenvalue weighted by atomic mass is 10.0. The van der Waals surface area contributed by atoms with Gasteiger partial charge in [0, 0.05) is 12.6 Å². The van der Waals surface area contributed by atoms with E-state index in [2.05, 4.69) is 11.1 Å². The van der Waals surface area contributed by atoms with Crippen molar-refractivity contribution in [1.29, 1.82) is 0 Å². The van der Waals surface area contributed by atoms with E-state index in [-0.39, 0.29) is 0 Å². The molecule has 2 heterocycles. The van der Waals surface area contributed by atoms with Crippen molar-refractivity contribution in [3.8, 4) is 17.0 Å². The fourth-order valence-corrected chi connectivity index (χ4v) is 2.57. The predicted molar refractivity (Wildman–Crippen MR) is 72.6 cm³/mol. The maximum atomic E-state index is 11.2. The second kappa shape index (κ2) is 4.53. The van der Waals surface area contributed by atoms with Crippen LogP contribution in [-0.4, -0.2) is 22.4 Å². The molecule has 2 aromatic rings. The third kappa shape index (κ3) is 1.93. The highest BCUT2D eigenvalue weighted by Crippen LogP contribution is 2.31. The molecule has 0 atom stereocenters. The number of aldehydes is 1. The normalized spacial score (nSPS) is 13.8. The molecular weight excluding hydrogens is 240 g/mol. The number of aromatic nitrogens is 2. The summed E-state index contributed by atoms with van der Waals surface area (Å²) in [6.07, 6.45) is 2.89. The molecule has 0 bridgehead atoms. The Morgan fingerprint density at radius 2 is 2.26 bits per heavy atom. The molecule has 0 unspecified atom stereocenters. The van der Waals surface area contributed by atoms with Gasteiger partial charge in [0.2, 0.25) is 0 Å². The molecule has 1 aliphatic heterocycles. The highest BCUT2D eigenvalue weighted by Gasteiger charge is 2.16. The maximum Gasteiger partial charge on any atom is 0.170 e. The lowest BCUT2D eigenvalue weighted by molar-refractivity contribution is 0.112. The van der Waals surface area contributed by atoms with Gasteiger partial charge in [0.05, 0.1) is 12.3 Å². The van der Waals surface area contributed by atoms with Gasteiger partial charge in [-0.15, -0.1) is 0 Å². The molecule has 0 N–H and O–H groups in total. The Kier molecular flexibility index (Phi) is 2.85. The molecule has 0 aliphatic carbocycles. The standard InChI is InChI=1S/C15H16N2O2/c1-10-16-13(9-18)15(17(10)2)12-5-6-14-11(8-12)4-3-7-19-14/h5-6,8-9H,3-4,7H2,1-2H3. The smallest absolute Gasteiger partial charge is 0.170 e. The van der Waals surface area contributed by atoms with Gasteiger partial charge in [-0.2, -0.15) is 0 Å². The van der Waals surface area contributed by atoms with Gasteiger partial charge in [-0.25, -0.2) is 4.98 Å². The Morgan fingerprint density at radius 1 is 1.42 bits per heavy atom.